The van der Waals surface area contributed by atoms with E-state index in [0.717, 1.165) is 0 Å². The molecular weight excluding hydrogens is 144 g/mol. The van der Waals surface area contributed by atoms with Crippen LogP contribution in [0.2, 0.25) is 0 Å². The molecule has 0 aromatic carbocycles. The van der Waals surface area contributed by atoms with Gasteiger partial charge < -0.3 is 20.9 Å². The average Bonchev–Trinajstić information content (AvgIpc) is 2.01. The third-order valence-electron chi connectivity index (χ3n) is 1.11. The number of rotatable bonds is 7. The van der Waals surface area contributed by atoms with Crippen LogP contribution in [0.1, 0.15) is 0 Å². The van der Waals surface area contributed by atoms with Crippen molar-refractivity contribution in [2.75, 3.05) is 26.2 Å². The van der Waals surface area contributed by atoms with Crippen molar-refractivity contribution in [3.63, 3.8) is 0 Å². The molecule has 0 aromatic heterocycles. The SMILES string of the molecule is C=COCC(O)CNCCN. The van der Waals surface area contributed by atoms with Gasteiger partial charge in [0.05, 0.1) is 6.26 Å². The highest BCUT2D eigenvalue weighted by Gasteiger charge is 2.00. The quantitative estimate of drug-likeness (QED) is 0.332. The van der Waals surface area contributed by atoms with Crippen LogP contribution in [-0.4, -0.2) is 37.5 Å². The summed E-state index contributed by atoms with van der Waals surface area (Å²) >= 11 is 0. The van der Waals surface area contributed by atoms with Crippen molar-refractivity contribution in [1.29, 1.82) is 0 Å². The molecule has 0 bridgehead atoms. The van der Waals surface area contributed by atoms with Crippen LogP contribution in [0.25, 0.3) is 0 Å². The Morgan fingerprint density at radius 3 is 3.00 bits per heavy atom. The average molecular weight is 160 g/mol. The van der Waals surface area contributed by atoms with Gasteiger partial charge in [-0.1, -0.05) is 6.58 Å². The Morgan fingerprint density at radius 1 is 1.73 bits per heavy atom. The molecule has 0 aromatic rings. The molecule has 0 fully saturated rings. The van der Waals surface area contributed by atoms with Gasteiger partial charge in [0.1, 0.15) is 12.7 Å². The van der Waals surface area contributed by atoms with E-state index in [-0.39, 0.29) is 6.61 Å². The molecule has 0 saturated heterocycles. The molecule has 0 radical (unpaired) electrons. The summed E-state index contributed by atoms with van der Waals surface area (Å²) in [6.07, 6.45) is 0.825. The first-order valence-electron chi connectivity index (χ1n) is 3.62. The monoisotopic (exact) mass is 160 g/mol. The molecule has 0 heterocycles. The Balaban J connectivity index is 3.08. The number of hydrogen-bond donors (Lipinski definition) is 3. The fraction of sp³-hybridized carbons (Fsp3) is 0.714. The summed E-state index contributed by atoms with van der Waals surface area (Å²) in [6, 6.07) is 0. The predicted molar refractivity (Wildman–Crippen MR) is 44.1 cm³/mol. The summed E-state index contributed by atoms with van der Waals surface area (Å²) in [5.74, 6) is 0. The van der Waals surface area contributed by atoms with E-state index in [2.05, 4.69) is 11.9 Å². The van der Waals surface area contributed by atoms with Gasteiger partial charge in [-0.25, -0.2) is 0 Å². The molecule has 0 aliphatic carbocycles. The number of aliphatic hydroxyl groups is 1. The van der Waals surface area contributed by atoms with Crippen molar-refractivity contribution in [1.82, 2.24) is 5.32 Å². The van der Waals surface area contributed by atoms with Crippen LogP contribution in [0.15, 0.2) is 12.8 Å². The fourth-order valence-electron chi connectivity index (χ4n) is 0.609. The second kappa shape index (κ2) is 7.53. The van der Waals surface area contributed by atoms with E-state index in [1.807, 2.05) is 0 Å². The molecule has 0 amide bonds. The number of nitrogens with one attached hydrogen (secondary N) is 1. The van der Waals surface area contributed by atoms with Gasteiger partial charge in [0, 0.05) is 19.6 Å². The van der Waals surface area contributed by atoms with Crippen molar-refractivity contribution >= 4 is 0 Å². The van der Waals surface area contributed by atoms with Gasteiger partial charge in [-0.2, -0.15) is 0 Å². The van der Waals surface area contributed by atoms with E-state index in [9.17, 15) is 0 Å². The molecule has 4 N–H and O–H groups in total. The molecule has 11 heavy (non-hydrogen) atoms. The van der Waals surface area contributed by atoms with Crippen LogP contribution in [0, 0.1) is 0 Å². The largest absolute Gasteiger partial charge is 0.499 e. The van der Waals surface area contributed by atoms with Gasteiger partial charge in [-0.3, -0.25) is 0 Å². The Morgan fingerprint density at radius 2 is 2.45 bits per heavy atom. The molecular formula is C7H16N2O2. The lowest BCUT2D eigenvalue weighted by molar-refractivity contribution is 0.0844. The van der Waals surface area contributed by atoms with Gasteiger partial charge in [0.15, 0.2) is 0 Å². The second-order valence-corrected chi connectivity index (χ2v) is 2.15. The molecule has 1 atom stereocenters. The van der Waals surface area contributed by atoms with Crippen LogP contribution >= 0.6 is 0 Å². The Labute approximate surface area is 67.0 Å². The van der Waals surface area contributed by atoms with Crippen molar-refractivity contribution in [2.24, 2.45) is 5.73 Å². The number of hydrogen-bond acceptors (Lipinski definition) is 4. The van der Waals surface area contributed by atoms with E-state index in [1.165, 1.54) is 6.26 Å². The van der Waals surface area contributed by atoms with Crippen molar-refractivity contribution in [3.8, 4) is 0 Å². The fourth-order valence-corrected chi connectivity index (χ4v) is 0.609. The molecule has 4 heteroatoms. The Kier molecular flexibility index (Phi) is 7.13. The maximum absolute atomic E-state index is 9.13. The van der Waals surface area contributed by atoms with E-state index in [0.29, 0.717) is 19.6 Å². The topological polar surface area (TPSA) is 67.5 Å². The van der Waals surface area contributed by atoms with Gasteiger partial charge in [-0.05, 0) is 0 Å². The molecule has 0 aliphatic rings. The molecule has 0 spiro atoms. The highest BCUT2D eigenvalue weighted by atomic mass is 16.5. The third-order valence-corrected chi connectivity index (χ3v) is 1.11. The molecule has 0 saturated carbocycles. The van der Waals surface area contributed by atoms with Crippen molar-refractivity contribution in [3.05, 3.63) is 12.8 Å². The zero-order valence-electron chi connectivity index (χ0n) is 6.62. The molecule has 66 valence electrons. The van der Waals surface area contributed by atoms with Crippen molar-refractivity contribution in [2.45, 2.75) is 6.10 Å². The third kappa shape index (κ3) is 7.32. The second-order valence-electron chi connectivity index (χ2n) is 2.15. The minimum atomic E-state index is -0.487. The number of aliphatic hydroxyl groups excluding tert-OH is 1. The van der Waals surface area contributed by atoms with E-state index in [4.69, 9.17) is 15.6 Å². The molecule has 0 aliphatic heterocycles. The highest BCUT2D eigenvalue weighted by molar-refractivity contribution is 4.60. The van der Waals surface area contributed by atoms with Crippen LogP contribution in [0.5, 0.6) is 0 Å². The minimum absolute atomic E-state index is 0.279. The van der Waals surface area contributed by atoms with Gasteiger partial charge in [0.2, 0.25) is 0 Å². The zero-order chi connectivity index (χ0) is 8.53. The molecule has 1 unspecified atom stereocenters. The smallest absolute Gasteiger partial charge is 0.114 e. The Bertz CT molecular complexity index is 98.4. The molecule has 4 nitrogen and oxygen atoms in total. The first-order valence-corrected chi connectivity index (χ1v) is 3.62. The van der Waals surface area contributed by atoms with Crippen LogP contribution < -0.4 is 11.1 Å². The van der Waals surface area contributed by atoms with Crippen LogP contribution in [0.3, 0.4) is 0 Å². The van der Waals surface area contributed by atoms with Crippen LogP contribution in [-0.2, 0) is 4.74 Å². The lowest BCUT2D eigenvalue weighted by atomic mass is 10.4. The lowest BCUT2D eigenvalue weighted by Gasteiger charge is -2.09. The maximum Gasteiger partial charge on any atom is 0.114 e. The van der Waals surface area contributed by atoms with E-state index < -0.39 is 6.10 Å². The number of nitrogens with two attached hydrogens (primary N) is 1. The summed E-state index contributed by atoms with van der Waals surface area (Å²) < 4.78 is 4.77. The normalized spacial score (nSPS) is 12.5. The van der Waals surface area contributed by atoms with Gasteiger partial charge >= 0.3 is 0 Å². The standard InChI is InChI=1S/C7H16N2O2/c1-2-11-6-7(10)5-9-4-3-8/h2,7,9-10H,1,3-6,8H2. The van der Waals surface area contributed by atoms with E-state index in [1.54, 1.807) is 0 Å². The summed E-state index contributed by atoms with van der Waals surface area (Å²) in [5, 5.41) is 12.1. The summed E-state index contributed by atoms with van der Waals surface area (Å²) in [6.45, 7) is 5.43. The van der Waals surface area contributed by atoms with Gasteiger partial charge in [-0.15, -0.1) is 0 Å². The highest BCUT2D eigenvalue weighted by Crippen LogP contribution is 1.82. The molecule has 0 rings (SSSR count). The number of ether oxygens (including phenoxy) is 1. The predicted octanol–water partition coefficient (Wildman–Crippen LogP) is -0.944. The minimum Gasteiger partial charge on any atom is -0.499 e. The van der Waals surface area contributed by atoms with Crippen LogP contribution in [0.4, 0.5) is 0 Å². The van der Waals surface area contributed by atoms with E-state index >= 15 is 0 Å². The zero-order valence-corrected chi connectivity index (χ0v) is 6.62. The summed E-state index contributed by atoms with van der Waals surface area (Å²) in [7, 11) is 0. The summed E-state index contributed by atoms with van der Waals surface area (Å²) in [4.78, 5) is 0. The summed E-state index contributed by atoms with van der Waals surface area (Å²) in [5.41, 5.74) is 5.22. The lowest BCUT2D eigenvalue weighted by Crippen LogP contribution is -2.33. The first-order chi connectivity index (χ1) is 5.31. The first kappa shape index (κ1) is 10.4. The van der Waals surface area contributed by atoms with Crippen molar-refractivity contribution < 1.29 is 9.84 Å². The maximum atomic E-state index is 9.13. The van der Waals surface area contributed by atoms with Gasteiger partial charge in [0.25, 0.3) is 0 Å². The Hall–Kier alpha value is -0.580.